The van der Waals surface area contributed by atoms with Gasteiger partial charge in [-0.05, 0) is 50.9 Å². The normalized spacial score (nSPS) is 19.1. The van der Waals surface area contributed by atoms with E-state index in [9.17, 15) is 0 Å². The van der Waals surface area contributed by atoms with Crippen LogP contribution < -0.4 is 5.32 Å². The van der Waals surface area contributed by atoms with Gasteiger partial charge in [0.2, 0.25) is 0 Å². The Morgan fingerprint density at radius 2 is 1.93 bits per heavy atom. The van der Waals surface area contributed by atoms with E-state index in [0.29, 0.717) is 12.0 Å². The highest BCUT2D eigenvalue weighted by Gasteiger charge is 2.33. The number of rotatable bonds is 12. The zero-order valence-electron chi connectivity index (χ0n) is 18.2. The van der Waals surface area contributed by atoms with Crippen molar-refractivity contribution < 1.29 is 0 Å². The van der Waals surface area contributed by atoms with Gasteiger partial charge in [-0.2, -0.15) is 0 Å². The molecule has 0 bridgehead atoms. The Balaban J connectivity index is 1.78. The Kier molecular flexibility index (Phi) is 8.47. The second kappa shape index (κ2) is 10.8. The predicted molar refractivity (Wildman–Crippen MR) is 126 cm³/mol. The summed E-state index contributed by atoms with van der Waals surface area (Å²) in [7, 11) is 2.01. The Bertz CT molecular complexity index is 726. The largest absolute Gasteiger partial charge is 0.357 e. The SMILES string of the molecule is C=C/C=C\C(C)(C)N(C)/C=N\C(=C)N(C=C)[C@H]1C[C@@H](CNCc2ccccc2)C1. The van der Waals surface area contributed by atoms with Gasteiger partial charge in [0.15, 0.2) is 0 Å². The molecular formula is C25H36N4. The van der Waals surface area contributed by atoms with E-state index < -0.39 is 0 Å². The molecule has 0 atom stereocenters. The Hall–Kier alpha value is -2.59. The highest BCUT2D eigenvalue weighted by Crippen LogP contribution is 2.33. The molecule has 1 fully saturated rings. The average molecular weight is 393 g/mol. The van der Waals surface area contributed by atoms with Crippen LogP contribution in [0.25, 0.3) is 0 Å². The first-order chi connectivity index (χ1) is 13.9. The van der Waals surface area contributed by atoms with Gasteiger partial charge < -0.3 is 15.1 Å². The molecule has 1 aliphatic carbocycles. The summed E-state index contributed by atoms with van der Waals surface area (Å²) in [5.41, 5.74) is 1.18. The highest BCUT2D eigenvalue weighted by atomic mass is 15.3. The lowest BCUT2D eigenvalue weighted by Crippen LogP contribution is -2.44. The van der Waals surface area contributed by atoms with Gasteiger partial charge in [-0.15, -0.1) is 0 Å². The maximum Gasteiger partial charge on any atom is 0.127 e. The summed E-state index contributed by atoms with van der Waals surface area (Å²) in [6.07, 6.45) is 11.8. The molecule has 0 aliphatic heterocycles. The summed E-state index contributed by atoms with van der Waals surface area (Å²) < 4.78 is 0. The van der Waals surface area contributed by atoms with Crippen molar-refractivity contribution in [2.45, 2.75) is 44.8 Å². The van der Waals surface area contributed by atoms with Gasteiger partial charge in [0.05, 0.1) is 11.9 Å². The van der Waals surface area contributed by atoms with E-state index in [1.165, 1.54) is 5.56 Å². The number of likely N-dealkylation sites (N-methyl/N-ethyl adjacent to an activating group) is 1. The fourth-order valence-corrected chi connectivity index (χ4v) is 3.37. The van der Waals surface area contributed by atoms with E-state index in [1.807, 2.05) is 25.7 Å². The predicted octanol–water partition coefficient (Wildman–Crippen LogP) is 4.95. The molecule has 1 N–H and O–H groups in total. The zero-order valence-corrected chi connectivity index (χ0v) is 18.2. The number of benzene rings is 1. The van der Waals surface area contributed by atoms with Gasteiger partial charge >= 0.3 is 0 Å². The fraction of sp³-hybridized carbons (Fsp3) is 0.400. The minimum atomic E-state index is -0.150. The molecule has 0 radical (unpaired) electrons. The van der Waals surface area contributed by atoms with E-state index in [-0.39, 0.29) is 5.54 Å². The van der Waals surface area contributed by atoms with Gasteiger partial charge in [0, 0.05) is 19.6 Å². The highest BCUT2D eigenvalue weighted by molar-refractivity contribution is 5.58. The van der Waals surface area contributed by atoms with E-state index in [2.05, 4.69) is 90.1 Å². The molecule has 0 unspecified atom stereocenters. The summed E-state index contributed by atoms with van der Waals surface area (Å²) in [5.74, 6) is 1.42. The van der Waals surface area contributed by atoms with Gasteiger partial charge in [-0.1, -0.05) is 68.3 Å². The summed E-state index contributed by atoms with van der Waals surface area (Å²) in [5, 5.41) is 3.57. The molecule has 4 heteroatoms. The number of aliphatic imine (C=N–C) groups is 1. The summed E-state index contributed by atoms with van der Waals surface area (Å²) in [6, 6.07) is 11.0. The molecule has 0 amide bonds. The lowest BCUT2D eigenvalue weighted by Gasteiger charge is -2.42. The van der Waals surface area contributed by atoms with E-state index >= 15 is 0 Å². The molecule has 0 spiro atoms. The first kappa shape index (κ1) is 22.7. The van der Waals surface area contributed by atoms with Crippen LogP contribution in [0.2, 0.25) is 0 Å². The Morgan fingerprint density at radius 1 is 1.24 bits per heavy atom. The van der Waals surface area contributed by atoms with Gasteiger partial charge in [0.1, 0.15) is 5.82 Å². The minimum Gasteiger partial charge on any atom is -0.357 e. The molecule has 2 rings (SSSR count). The lowest BCUT2D eigenvalue weighted by molar-refractivity contribution is 0.143. The number of nitrogens with one attached hydrogen (secondary N) is 1. The minimum absolute atomic E-state index is 0.150. The molecule has 0 heterocycles. The number of hydrogen-bond donors (Lipinski definition) is 1. The molecule has 29 heavy (non-hydrogen) atoms. The molecule has 1 aromatic carbocycles. The summed E-state index contributed by atoms with van der Waals surface area (Å²) in [6.45, 7) is 18.1. The van der Waals surface area contributed by atoms with E-state index in [0.717, 1.165) is 31.8 Å². The van der Waals surface area contributed by atoms with Crippen LogP contribution in [0.4, 0.5) is 0 Å². The van der Waals surface area contributed by atoms with Crippen molar-refractivity contribution in [2.24, 2.45) is 10.9 Å². The first-order valence-electron chi connectivity index (χ1n) is 10.3. The van der Waals surface area contributed by atoms with Crippen LogP contribution in [0.1, 0.15) is 32.3 Å². The van der Waals surface area contributed by atoms with Crippen LogP contribution in [0.3, 0.4) is 0 Å². The van der Waals surface area contributed by atoms with Crippen molar-refractivity contribution in [3.63, 3.8) is 0 Å². The van der Waals surface area contributed by atoms with Crippen LogP contribution in [0.15, 0.2) is 85.3 Å². The third kappa shape index (κ3) is 6.75. The van der Waals surface area contributed by atoms with Crippen molar-refractivity contribution in [3.8, 4) is 0 Å². The van der Waals surface area contributed by atoms with Crippen LogP contribution in [0.5, 0.6) is 0 Å². The Morgan fingerprint density at radius 3 is 2.55 bits per heavy atom. The van der Waals surface area contributed by atoms with Crippen LogP contribution >= 0.6 is 0 Å². The quantitative estimate of drug-likeness (QED) is 0.310. The standard InChI is InChI=1S/C25H36N4/c1-7-9-15-25(4,5)28(6)20-27-21(3)29(8-2)24-16-23(17-24)19-26-18-22-13-11-10-12-14-22/h7-15,20,23-24,26H,1-3,16-19H2,4-6H3/b15-9-,27-20-/t23-,24+. The van der Waals surface area contributed by atoms with E-state index in [4.69, 9.17) is 0 Å². The lowest BCUT2D eigenvalue weighted by atomic mass is 9.79. The van der Waals surface area contributed by atoms with Crippen LogP contribution in [-0.4, -0.2) is 41.3 Å². The topological polar surface area (TPSA) is 30.9 Å². The van der Waals surface area contributed by atoms with E-state index in [1.54, 1.807) is 6.08 Å². The van der Waals surface area contributed by atoms with Crippen LogP contribution in [0, 0.1) is 5.92 Å². The van der Waals surface area contributed by atoms with Gasteiger partial charge in [-0.3, -0.25) is 0 Å². The summed E-state index contributed by atoms with van der Waals surface area (Å²) in [4.78, 5) is 8.75. The molecular weight excluding hydrogens is 356 g/mol. The molecule has 0 saturated heterocycles. The van der Waals surface area contributed by atoms with Gasteiger partial charge in [0.25, 0.3) is 0 Å². The van der Waals surface area contributed by atoms with Crippen LogP contribution in [-0.2, 0) is 6.54 Å². The molecule has 1 aromatic rings. The van der Waals surface area contributed by atoms with Crippen molar-refractivity contribution in [3.05, 3.63) is 85.9 Å². The van der Waals surface area contributed by atoms with Crippen molar-refractivity contribution in [1.82, 2.24) is 15.1 Å². The molecule has 1 saturated carbocycles. The maximum absolute atomic E-state index is 4.59. The Labute approximate surface area is 177 Å². The van der Waals surface area contributed by atoms with Crippen molar-refractivity contribution >= 4 is 6.34 Å². The molecule has 4 nitrogen and oxygen atoms in total. The fourth-order valence-electron chi connectivity index (χ4n) is 3.37. The van der Waals surface area contributed by atoms with Crippen molar-refractivity contribution in [2.75, 3.05) is 13.6 Å². The smallest absolute Gasteiger partial charge is 0.127 e. The van der Waals surface area contributed by atoms with Crippen molar-refractivity contribution in [1.29, 1.82) is 0 Å². The molecule has 0 aromatic heterocycles. The molecule has 156 valence electrons. The second-order valence-electron chi connectivity index (χ2n) is 8.22. The molecule has 1 aliphatic rings. The zero-order chi connectivity index (χ0) is 21.3. The third-order valence-electron chi connectivity index (χ3n) is 5.63. The second-order valence-corrected chi connectivity index (χ2v) is 8.22. The third-order valence-corrected chi connectivity index (χ3v) is 5.63. The number of nitrogens with zero attached hydrogens (tertiary/aromatic N) is 3. The number of hydrogen-bond acceptors (Lipinski definition) is 3. The summed E-state index contributed by atoms with van der Waals surface area (Å²) >= 11 is 0. The monoisotopic (exact) mass is 392 g/mol. The first-order valence-corrected chi connectivity index (χ1v) is 10.3. The van der Waals surface area contributed by atoms with Gasteiger partial charge in [-0.25, -0.2) is 4.99 Å². The maximum atomic E-state index is 4.59. The number of allylic oxidation sites excluding steroid dienone is 2. The average Bonchev–Trinajstić information content (AvgIpc) is 2.69.